The van der Waals surface area contributed by atoms with Gasteiger partial charge in [0.2, 0.25) is 12.0 Å². The molecule has 0 aliphatic heterocycles. The van der Waals surface area contributed by atoms with E-state index >= 15 is 0 Å². The van der Waals surface area contributed by atoms with Gasteiger partial charge in [-0.3, -0.25) is 9.59 Å². The molecule has 0 saturated heterocycles. The molecule has 17 heavy (non-hydrogen) atoms. The van der Waals surface area contributed by atoms with E-state index in [1.165, 1.54) is 24.6 Å². The number of pyridine rings is 1. The fourth-order valence-corrected chi connectivity index (χ4v) is 1.27. The average molecular weight is 234 g/mol. The Morgan fingerprint density at radius 1 is 1.47 bits per heavy atom. The lowest BCUT2D eigenvalue weighted by atomic mass is 10.3. The number of nitrogens with zero attached hydrogens (tertiary/aromatic N) is 2. The number of amides is 1. The molecule has 2 aromatic heterocycles. The summed E-state index contributed by atoms with van der Waals surface area (Å²) in [5.74, 6) is 0.179. The molecule has 0 bridgehead atoms. The summed E-state index contributed by atoms with van der Waals surface area (Å²) in [6.07, 6.45) is 1.70. The second-order valence-corrected chi connectivity index (χ2v) is 3.28. The summed E-state index contributed by atoms with van der Waals surface area (Å²) in [5.41, 5.74) is -0.0820. The standard InChI is InChI=1S/C10H10N4O3/c15-9-3-1-2-7(13-9)10(16)11-5-4-8-12-6-17-14-8/h1-3,6H,4-5H2,(H,11,16)(H,13,15). The minimum atomic E-state index is -0.341. The SMILES string of the molecule is O=C(NCCc1ncon1)c1cccc(=O)[nH]1. The van der Waals surface area contributed by atoms with E-state index in [2.05, 4.69) is 25.0 Å². The van der Waals surface area contributed by atoms with Crippen LogP contribution in [0.1, 0.15) is 16.3 Å². The number of hydrogen-bond donors (Lipinski definition) is 2. The summed E-state index contributed by atoms with van der Waals surface area (Å²) in [6.45, 7) is 0.370. The summed E-state index contributed by atoms with van der Waals surface area (Å²) < 4.78 is 4.55. The Morgan fingerprint density at radius 2 is 2.35 bits per heavy atom. The zero-order valence-corrected chi connectivity index (χ0v) is 8.84. The van der Waals surface area contributed by atoms with Crippen LogP contribution in [0, 0.1) is 0 Å². The van der Waals surface area contributed by atoms with Gasteiger partial charge < -0.3 is 14.8 Å². The van der Waals surface area contributed by atoms with Gasteiger partial charge in [0, 0.05) is 19.0 Å². The number of aromatic nitrogens is 3. The Morgan fingerprint density at radius 3 is 3.06 bits per heavy atom. The van der Waals surface area contributed by atoms with Crippen LogP contribution in [0.4, 0.5) is 0 Å². The van der Waals surface area contributed by atoms with Crippen LogP contribution in [0.3, 0.4) is 0 Å². The molecule has 88 valence electrons. The first-order chi connectivity index (χ1) is 8.25. The molecule has 0 atom stereocenters. The average Bonchev–Trinajstić information content (AvgIpc) is 2.82. The first kappa shape index (κ1) is 11.1. The summed E-state index contributed by atoms with van der Waals surface area (Å²) in [4.78, 5) is 28.8. The maximum Gasteiger partial charge on any atom is 0.267 e. The lowest BCUT2D eigenvalue weighted by Crippen LogP contribution is -2.28. The number of hydrogen-bond acceptors (Lipinski definition) is 5. The number of aromatic amines is 1. The van der Waals surface area contributed by atoms with Gasteiger partial charge in [-0.25, -0.2) is 0 Å². The zero-order chi connectivity index (χ0) is 12.1. The van der Waals surface area contributed by atoms with E-state index in [1.54, 1.807) is 0 Å². The van der Waals surface area contributed by atoms with Gasteiger partial charge in [0.15, 0.2) is 5.82 Å². The Hall–Kier alpha value is -2.44. The van der Waals surface area contributed by atoms with Crippen molar-refractivity contribution in [3.8, 4) is 0 Å². The third kappa shape index (κ3) is 3.00. The first-order valence-electron chi connectivity index (χ1n) is 4.98. The van der Waals surface area contributed by atoms with Crippen molar-refractivity contribution in [1.82, 2.24) is 20.4 Å². The van der Waals surface area contributed by atoms with Crippen LogP contribution in [0.2, 0.25) is 0 Å². The highest BCUT2D eigenvalue weighted by Gasteiger charge is 2.06. The van der Waals surface area contributed by atoms with E-state index in [-0.39, 0.29) is 17.2 Å². The molecule has 0 radical (unpaired) electrons. The molecule has 0 unspecified atom stereocenters. The van der Waals surface area contributed by atoms with E-state index < -0.39 is 0 Å². The van der Waals surface area contributed by atoms with Crippen LogP contribution in [0.5, 0.6) is 0 Å². The molecule has 7 nitrogen and oxygen atoms in total. The van der Waals surface area contributed by atoms with E-state index in [0.29, 0.717) is 18.8 Å². The molecule has 7 heteroatoms. The van der Waals surface area contributed by atoms with Gasteiger partial charge in [-0.1, -0.05) is 11.2 Å². The summed E-state index contributed by atoms with van der Waals surface area (Å²) in [6, 6.07) is 4.40. The van der Waals surface area contributed by atoms with Crippen LogP contribution in [0.25, 0.3) is 0 Å². The van der Waals surface area contributed by atoms with Crippen molar-refractivity contribution < 1.29 is 9.32 Å². The fraction of sp³-hybridized carbons (Fsp3) is 0.200. The fourth-order valence-electron chi connectivity index (χ4n) is 1.27. The Kier molecular flexibility index (Phi) is 3.29. The van der Waals surface area contributed by atoms with Crippen LogP contribution in [0.15, 0.2) is 33.9 Å². The molecular formula is C10H10N4O3. The first-order valence-corrected chi connectivity index (χ1v) is 4.98. The van der Waals surface area contributed by atoms with Crippen molar-refractivity contribution in [2.45, 2.75) is 6.42 Å². The normalized spacial score (nSPS) is 10.1. The highest BCUT2D eigenvalue weighted by atomic mass is 16.5. The van der Waals surface area contributed by atoms with E-state index in [1.807, 2.05) is 0 Å². The maximum atomic E-state index is 11.6. The van der Waals surface area contributed by atoms with Crippen molar-refractivity contribution in [2.75, 3.05) is 6.54 Å². The number of H-pyrrole nitrogens is 1. The topological polar surface area (TPSA) is 101 Å². The molecule has 0 spiro atoms. The van der Waals surface area contributed by atoms with Crippen molar-refractivity contribution in [2.24, 2.45) is 0 Å². The quantitative estimate of drug-likeness (QED) is 0.758. The zero-order valence-electron chi connectivity index (χ0n) is 8.84. The lowest BCUT2D eigenvalue weighted by molar-refractivity contribution is 0.0948. The van der Waals surface area contributed by atoms with Gasteiger partial charge >= 0.3 is 0 Å². The largest absolute Gasteiger partial charge is 0.350 e. The monoisotopic (exact) mass is 234 g/mol. The summed E-state index contributed by atoms with van der Waals surface area (Å²) in [5, 5.41) is 6.24. The van der Waals surface area contributed by atoms with E-state index in [0.717, 1.165) is 0 Å². The Bertz CT molecular complexity index is 547. The highest BCUT2D eigenvalue weighted by Crippen LogP contribution is 1.91. The maximum absolute atomic E-state index is 11.6. The molecule has 2 aromatic rings. The number of carbonyl (C=O) groups excluding carboxylic acids is 1. The van der Waals surface area contributed by atoms with Gasteiger partial charge in [0.1, 0.15) is 5.69 Å². The highest BCUT2D eigenvalue weighted by molar-refractivity contribution is 5.92. The molecule has 0 aliphatic carbocycles. The lowest BCUT2D eigenvalue weighted by Gasteiger charge is -2.02. The van der Waals surface area contributed by atoms with Gasteiger partial charge in [-0.2, -0.15) is 4.98 Å². The van der Waals surface area contributed by atoms with Crippen LogP contribution >= 0.6 is 0 Å². The molecule has 2 rings (SSSR count). The van der Waals surface area contributed by atoms with Gasteiger partial charge in [0.25, 0.3) is 5.91 Å². The summed E-state index contributed by atoms with van der Waals surface area (Å²) >= 11 is 0. The van der Waals surface area contributed by atoms with Crippen LogP contribution in [-0.4, -0.2) is 27.6 Å². The summed E-state index contributed by atoms with van der Waals surface area (Å²) in [7, 11) is 0. The minimum absolute atomic E-state index is 0.227. The molecule has 2 N–H and O–H groups in total. The van der Waals surface area contributed by atoms with Crippen molar-refractivity contribution in [1.29, 1.82) is 0 Å². The molecule has 1 amide bonds. The second-order valence-electron chi connectivity index (χ2n) is 3.28. The molecule has 0 aliphatic rings. The number of nitrogens with one attached hydrogen (secondary N) is 2. The second kappa shape index (κ2) is 5.06. The van der Waals surface area contributed by atoms with Crippen molar-refractivity contribution >= 4 is 5.91 Å². The van der Waals surface area contributed by atoms with Crippen LogP contribution in [-0.2, 0) is 6.42 Å². The third-order valence-electron chi connectivity index (χ3n) is 2.05. The smallest absolute Gasteiger partial charge is 0.267 e. The van der Waals surface area contributed by atoms with Crippen molar-refractivity contribution in [3.05, 3.63) is 46.5 Å². The Labute approximate surface area is 95.9 Å². The molecule has 0 saturated carbocycles. The van der Waals surface area contributed by atoms with E-state index in [9.17, 15) is 9.59 Å². The Balaban J connectivity index is 1.87. The molecular weight excluding hydrogens is 224 g/mol. The molecule has 0 aromatic carbocycles. The predicted octanol–water partition coefficient (Wildman–Crippen LogP) is -0.270. The van der Waals surface area contributed by atoms with E-state index in [4.69, 9.17) is 0 Å². The van der Waals surface area contributed by atoms with Gasteiger partial charge in [-0.15, -0.1) is 0 Å². The third-order valence-corrected chi connectivity index (χ3v) is 2.05. The van der Waals surface area contributed by atoms with Crippen molar-refractivity contribution in [3.63, 3.8) is 0 Å². The number of carbonyl (C=O) groups is 1. The van der Waals surface area contributed by atoms with Gasteiger partial charge in [0.05, 0.1) is 0 Å². The minimum Gasteiger partial charge on any atom is -0.350 e. The van der Waals surface area contributed by atoms with Crippen LogP contribution < -0.4 is 10.9 Å². The predicted molar refractivity (Wildman–Crippen MR) is 57.4 cm³/mol. The molecule has 0 fully saturated rings. The number of rotatable bonds is 4. The van der Waals surface area contributed by atoms with Gasteiger partial charge in [-0.05, 0) is 6.07 Å². The molecule has 2 heterocycles.